The minimum absolute atomic E-state index is 0.00751. The van der Waals surface area contributed by atoms with Crippen molar-refractivity contribution in [2.75, 3.05) is 25.0 Å². The lowest BCUT2D eigenvalue weighted by molar-refractivity contribution is 0.0942. The van der Waals surface area contributed by atoms with Crippen LogP contribution in [-0.4, -0.2) is 49.5 Å². The summed E-state index contributed by atoms with van der Waals surface area (Å²) in [6.07, 6.45) is 5.05. The fourth-order valence-electron chi connectivity index (χ4n) is 2.70. The molecule has 0 bridgehead atoms. The van der Waals surface area contributed by atoms with Crippen molar-refractivity contribution in [3.63, 3.8) is 0 Å². The monoisotopic (exact) mass is 471 g/mol. The van der Waals surface area contributed by atoms with Crippen LogP contribution in [0.1, 0.15) is 28.0 Å². The number of aromatic nitrogens is 3. The summed E-state index contributed by atoms with van der Waals surface area (Å²) < 4.78 is 38.7. The number of methoxy groups -OCH3 is 1. The molecule has 0 saturated heterocycles. The fraction of sp³-hybridized carbons (Fsp3) is 0.273. The van der Waals surface area contributed by atoms with Gasteiger partial charge >= 0.3 is 0 Å². The molecule has 0 fully saturated rings. The first-order chi connectivity index (χ1) is 15.9. The molecule has 0 aliphatic carbocycles. The number of hydrogen-bond donors (Lipinski definition) is 2. The molecule has 3 rings (SSSR count). The molecule has 2 heterocycles. The van der Waals surface area contributed by atoms with Gasteiger partial charge in [0, 0.05) is 38.2 Å². The normalized spacial score (nSPS) is 11.1. The first-order valence-corrected chi connectivity index (χ1v) is 11.6. The summed E-state index contributed by atoms with van der Waals surface area (Å²) in [6.45, 7) is 2.81. The lowest BCUT2D eigenvalue weighted by Crippen LogP contribution is -2.26. The molecule has 33 heavy (non-hydrogen) atoms. The SMILES string of the molecule is COCCCNC(=O)c1cnc(NS(=O)(=O)c2ccc(C)cc2)c(OCc2cccnc2)n1. The minimum atomic E-state index is -3.95. The Balaban J connectivity index is 1.84. The Kier molecular flexibility index (Phi) is 8.28. The molecule has 2 aromatic heterocycles. The summed E-state index contributed by atoms with van der Waals surface area (Å²) in [4.78, 5) is 24.8. The van der Waals surface area contributed by atoms with Crippen LogP contribution in [0.2, 0.25) is 0 Å². The maximum absolute atomic E-state index is 12.8. The van der Waals surface area contributed by atoms with Crippen molar-refractivity contribution in [2.24, 2.45) is 0 Å². The van der Waals surface area contributed by atoms with Gasteiger partial charge in [0.15, 0.2) is 5.69 Å². The third-order valence-electron chi connectivity index (χ3n) is 4.44. The van der Waals surface area contributed by atoms with Gasteiger partial charge in [-0.15, -0.1) is 0 Å². The van der Waals surface area contributed by atoms with Crippen LogP contribution in [0.15, 0.2) is 59.9 Å². The lowest BCUT2D eigenvalue weighted by atomic mass is 10.2. The van der Waals surface area contributed by atoms with E-state index < -0.39 is 15.9 Å². The zero-order valence-corrected chi connectivity index (χ0v) is 19.1. The largest absolute Gasteiger partial charge is 0.470 e. The number of aryl methyl sites for hydroxylation is 1. The number of carbonyl (C=O) groups excluding carboxylic acids is 1. The van der Waals surface area contributed by atoms with Crippen molar-refractivity contribution in [3.05, 3.63) is 71.8 Å². The Morgan fingerprint density at radius 1 is 1.12 bits per heavy atom. The average Bonchev–Trinajstić information content (AvgIpc) is 2.82. The van der Waals surface area contributed by atoms with Crippen LogP contribution in [0, 0.1) is 6.92 Å². The van der Waals surface area contributed by atoms with Gasteiger partial charge in [0.1, 0.15) is 6.61 Å². The van der Waals surface area contributed by atoms with Gasteiger partial charge in [-0.25, -0.2) is 18.4 Å². The number of benzene rings is 1. The standard InChI is InChI=1S/C22H25N5O5S/c1-16-6-8-18(9-7-16)33(29,30)27-20-22(32-15-17-5-3-10-23-13-17)26-19(14-25-20)21(28)24-11-4-12-31-2/h3,5-10,13-14H,4,11-12,15H2,1-2H3,(H,24,28)(H,25,27). The van der Waals surface area contributed by atoms with Gasteiger partial charge in [-0.2, -0.15) is 0 Å². The molecule has 1 amide bonds. The first kappa shape index (κ1) is 24.1. The maximum atomic E-state index is 12.8. The number of hydrogen-bond acceptors (Lipinski definition) is 8. The summed E-state index contributed by atoms with van der Waals surface area (Å²) in [5.74, 6) is -0.716. The van der Waals surface area contributed by atoms with E-state index in [2.05, 4.69) is 25.0 Å². The van der Waals surface area contributed by atoms with E-state index in [1.807, 2.05) is 6.92 Å². The summed E-state index contributed by atoms with van der Waals surface area (Å²) in [5, 5.41) is 2.71. The highest BCUT2D eigenvalue weighted by atomic mass is 32.2. The predicted molar refractivity (Wildman–Crippen MR) is 121 cm³/mol. The first-order valence-electron chi connectivity index (χ1n) is 10.1. The zero-order chi connectivity index (χ0) is 23.7. The van der Waals surface area contributed by atoms with Crippen LogP contribution in [0.5, 0.6) is 5.88 Å². The lowest BCUT2D eigenvalue weighted by Gasteiger charge is -2.13. The molecule has 0 spiro atoms. The van der Waals surface area contributed by atoms with Gasteiger partial charge in [0.25, 0.3) is 21.8 Å². The molecule has 0 atom stereocenters. The van der Waals surface area contributed by atoms with Crippen molar-refractivity contribution >= 4 is 21.7 Å². The van der Waals surface area contributed by atoms with E-state index in [9.17, 15) is 13.2 Å². The second-order valence-corrected chi connectivity index (χ2v) is 8.76. The Hall–Kier alpha value is -3.57. The average molecular weight is 472 g/mol. The molecule has 174 valence electrons. The van der Waals surface area contributed by atoms with Gasteiger partial charge in [-0.1, -0.05) is 23.8 Å². The number of nitrogens with one attached hydrogen (secondary N) is 2. The van der Waals surface area contributed by atoms with Gasteiger partial charge in [0.2, 0.25) is 5.82 Å². The third kappa shape index (κ3) is 6.96. The highest BCUT2D eigenvalue weighted by molar-refractivity contribution is 7.92. The molecule has 0 aliphatic heterocycles. The number of sulfonamides is 1. The van der Waals surface area contributed by atoms with Crippen LogP contribution >= 0.6 is 0 Å². The molecular formula is C22H25N5O5S. The van der Waals surface area contributed by atoms with Crippen molar-refractivity contribution in [3.8, 4) is 5.88 Å². The Bertz CT molecular complexity index is 1170. The number of anilines is 1. The minimum Gasteiger partial charge on any atom is -0.470 e. The number of carbonyl (C=O) groups is 1. The highest BCUT2D eigenvalue weighted by Gasteiger charge is 2.21. The molecule has 0 saturated carbocycles. The number of ether oxygens (including phenoxy) is 2. The topological polar surface area (TPSA) is 132 Å². The van der Waals surface area contributed by atoms with Crippen LogP contribution in [0.25, 0.3) is 0 Å². The van der Waals surface area contributed by atoms with Crippen LogP contribution < -0.4 is 14.8 Å². The van der Waals surface area contributed by atoms with Crippen LogP contribution in [0.4, 0.5) is 5.82 Å². The second-order valence-electron chi connectivity index (χ2n) is 7.08. The second kappa shape index (κ2) is 11.3. The van der Waals surface area contributed by atoms with E-state index >= 15 is 0 Å². The summed E-state index contributed by atoms with van der Waals surface area (Å²) in [7, 11) is -2.37. The Labute approximate surface area is 192 Å². The number of rotatable bonds is 11. The van der Waals surface area contributed by atoms with Crippen molar-refractivity contribution in [2.45, 2.75) is 24.8 Å². The van der Waals surface area contributed by atoms with Crippen molar-refractivity contribution in [1.82, 2.24) is 20.3 Å². The molecule has 2 N–H and O–H groups in total. The molecule has 0 unspecified atom stereocenters. The smallest absolute Gasteiger partial charge is 0.271 e. The highest BCUT2D eigenvalue weighted by Crippen LogP contribution is 2.24. The Morgan fingerprint density at radius 3 is 2.61 bits per heavy atom. The van der Waals surface area contributed by atoms with E-state index in [1.54, 1.807) is 43.8 Å². The van der Waals surface area contributed by atoms with Gasteiger partial charge in [-0.05, 0) is 31.5 Å². The fourth-order valence-corrected chi connectivity index (χ4v) is 3.71. The zero-order valence-electron chi connectivity index (χ0n) is 18.3. The molecule has 3 aromatic rings. The van der Waals surface area contributed by atoms with E-state index in [1.165, 1.54) is 18.3 Å². The summed E-state index contributed by atoms with van der Waals surface area (Å²) >= 11 is 0. The molecule has 11 heteroatoms. The van der Waals surface area contributed by atoms with Gasteiger partial charge < -0.3 is 14.8 Å². The van der Waals surface area contributed by atoms with E-state index in [-0.39, 0.29) is 28.9 Å². The van der Waals surface area contributed by atoms with Crippen molar-refractivity contribution < 1.29 is 22.7 Å². The number of pyridine rings is 1. The quantitative estimate of drug-likeness (QED) is 0.407. The third-order valence-corrected chi connectivity index (χ3v) is 5.80. The molecular weight excluding hydrogens is 446 g/mol. The van der Waals surface area contributed by atoms with Gasteiger partial charge in [-0.3, -0.25) is 14.5 Å². The van der Waals surface area contributed by atoms with Crippen molar-refractivity contribution in [1.29, 1.82) is 0 Å². The molecule has 0 radical (unpaired) electrons. The maximum Gasteiger partial charge on any atom is 0.271 e. The van der Waals surface area contributed by atoms with Crippen LogP contribution in [0.3, 0.4) is 0 Å². The molecule has 1 aromatic carbocycles. The van der Waals surface area contributed by atoms with Gasteiger partial charge in [0.05, 0.1) is 11.1 Å². The Morgan fingerprint density at radius 2 is 1.91 bits per heavy atom. The van der Waals surface area contributed by atoms with E-state index in [0.717, 1.165) is 11.1 Å². The predicted octanol–water partition coefficient (Wildman–Crippen LogP) is 2.33. The number of nitrogens with zero attached hydrogens (tertiary/aromatic N) is 3. The summed E-state index contributed by atoms with van der Waals surface area (Å²) in [6, 6.07) is 9.90. The number of amides is 1. The van der Waals surface area contributed by atoms with Crippen LogP contribution in [-0.2, 0) is 21.4 Å². The summed E-state index contributed by atoms with van der Waals surface area (Å²) in [5.41, 5.74) is 1.66. The van der Waals surface area contributed by atoms with E-state index in [4.69, 9.17) is 9.47 Å². The molecule has 10 nitrogen and oxygen atoms in total. The molecule has 0 aliphatic rings. The van der Waals surface area contributed by atoms with E-state index in [0.29, 0.717) is 19.6 Å².